The number of aryl methyl sites for hydroxylation is 1. The van der Waals surface area contributed by atoms with Crippen LogP contribution in [0.25, 0.3) is 0 Å². The van der Waals surface area contributed by atoms with Crippen molar-refractivity contribution >= 4 is 0 Å². The molecule has 0 aliphatic heterocycles. The Morgan fingerprint density at radius 1 is 1.38 bits per heavy atom. The van der Waals surface area contributed by atoms with Gasteiger partial charge in [0.15, 0.2) is 0 Å². The molecule has 1 fully saturated rings. The van der Waals surface area contributed by atoms with Crippen molar-refractivity contribution in [3.8, 4) is 0 Å². The van der Waals surface area contributed by atoms with Crippen LogP contribution < -0.4 is 5.73 Å². The number of hydrogen-bond donors (Lipinski definition) is 1. The van der Waals surface area contributed by atoms with Crippen LogP contribution in [0.3, 0.4) is 0 Å². The molecule has 1 aromatic heterocycles. The summed E-state index contributed by atoms with van der Waals surface area (Å²) in [6.45, 7) is 2.62. The van der Waals surface area contributed by atoms with Crippen LogP contribution in [0, 0.1) is 12.8 Å². The van der Waals surface area contributed by atoms with Gasteiger partial charge >= 0.3 is 0 Å². The van der Waals surface area contributed by atoms with Gasteiger partial charge in [0.1, 0.15) is 5.82 Å². The van der Waals surface area contributed by atoms with Crippen molar-refractivity contribution in [3.05, 3.63) is 17.2 Å². The second-order valence-electron chi connectivity index (χ2n) is 5.00. The summed E-state index contributed by atoms with van der Waals surface area (Å²) in [5, 5.41) is 0. The highest BCUT2D eigenvalue weighted by Crippen LogP contribution is 2.29. The Balaban J connectivity index is 2.01. The van der Waals surface area contributed by atoms with Crippen LogP contribution in [0.1, 0.15) is 49.3 Å². The van der Waals surface area contributed by atoms with Crippen molar-refractivity contribution in [1.82, 2.24) is 9.55 Å². The molecule has 3 nitrogen and oxygen atoms in total. The summed E-state index contributed by atoms with van der Waals surface area (Å²) < 4.78 is 2.21. The first-order valence-electron chi connectivity index (χ1n) is 6.43. The van der Waals surface area contributed by atoms with Crippen molar-refractivity contribution < 1.29 is 0 Å². The molecular formula is C13H23N3. The van der Waals surface area contributed by atoms with Gasteiger partial charge < -0.3 is 10.3 Å². The van der Waals surface area contributed by atoms with Gasteiger partial charge in [0, 0.05) is 19.3 Å². The zero-order valence-corrected chi connectivity index (χ0v) is 10.5. The lowest BCUT2D eigenvalue weighted by molar-refractivity contribution is 0.495. The predicted molar refractivity (Wildman–Crippen MR) is 66.1 cm³/mol. The van der Waals surface area contributed by atoms with Crippen LogP contribution in [0.5, 0.6) is 0 Å². The first kappa shape index (κ1) is 11.6. The number of nitrogens with zero attached hydrogens (tertiary/aromatic N) is 2. The standard InChI is InChI=1S/C13H23N3/c1-10-15-12(9-14)13(16(10)2)8-7-11-5-3-4-6-11/h11H,3-9,14H2,1-2H3. The second kappa shape index (κ2) is 5.00. The topological polar surface area (TPSA) is 43.8 Å². The van der Waals surface area contributed by atoms with E-state index in [0.717, 1.165) is 23.9 Å². The summed E-state index contributed by atoms with van der Waals surface area (Å²) in [5.74, 6) is 2.03. The van der Waals surface area contributed by atoms with E-state index in [2.05, 4.69) is 23.5 Å². The van der Waals surface area contributed by atoms with E-state index >= 15 is 0 Å². The van der Waals surface area contributed by atoms with Gasteiger partial charge in [0.05, 0.1) is 5.69 Å². The Bertz CT molecular complexity index is 348. The van der Waals surface area contributed by atoms with Gasteiger partial charge in [-0.05, 0) is 25.7 Å². The molecule has 3 heteroatoms. The van der Waals surface area contributed by atoms with Gasteiger partial charge in [0.25, 0.3) is 0 Å². The van der Waals surface area contributed by atoms with Gasteiger partial charge in [-0.2, -0.15) is 0 Å². The summed E-state index contributed by atoms with van der Waals surface area (Å²) in [7, 11) is 2.10. The summed E-state index contributed by atoms with van der Waals surface area (Å²) >= 11 is 0. The third kappa shape index (κ3) is 2.29. The summed E-state index contributed by atoms with van der Waals surface area (Å²) in [6, 6.07) is 0. The summed E-state index contributed by atoms with van der Waals surface area (Å²) in [4.78, 5) is 4.51. The second-order valence-corrected chi connectivity index (χ2v) is 5.00. The van der Waals surface area contributed by atoms with E-state index in [1.807, 2.05) is 0 Å². The van der Waals surface area contributed by atoms with E-state index in [1.165, 1.54) is 37.8 Å². The van der Waals surface area contributed by atoms with Crippen LogP contribution in [-0.2, 0) is 20.0 Å². The van der Waals surface area contributed by atoms with Gasteiger partial charge in [-0.1, -0.05) is 25.7 Å². The minimum absolute atomic E-state index is 0.571. The van der Waals surface area contributed by atoms with Crippen molar-refractivity contribution in [3.63, 3.8) is 0 Å². The number of hydrogen-bond acceptors (Lipinski definition) is 2. The molecule has 2 N–H and O–H groups in total. The van der Waals surface area contributed by atoms with E-state index in [0.29, 0.717) is 6.54 Å². The van der Waals surface area contributed by atoms with Gasteiger partial charge in [-0.25, -0.2) is 4.98 Å². The van der Waals surface area contributed by atoms with Gasteiger partial charge in [-0.15, -0.1) is 0 Å². The van der Waals surface area contributed by atoms with Crippen molar-refractivity contribution in [2.75, 3.05) is 0 Å². The molecule has 2 rings (SSSR count). The lowest BCUT2D eigenvalue weighted by Gasteiger charge is -2.10. The predicted octanol–water partition coefficient (Wildman–Crippen LogP) is 2.31. The highest BCUT2D eigenvalue weighted by Gasteiger charge is 2.17. The normalized spacial score (nSPS) is 17.2. The third-order valence-electron chi connectivity index (χ3n) is 3.98. The quantitative estimate of drug-likeness (QED) is 0.848. The van der Waals surface area contributed by atoms with Crippen molar-refractivity contribution in [2.45, 2.75) is 52.0 Å². The molecule has 0 atom stereocenters. The first-order chi connectivity index (χ1) is 7.72. The minimum Gasteiger partial charge on any atom is -0.335 e. The van der Waals surface area contributed by atoms with E-state index in [1.54, 1.807) is 0 Å². The molecule has 0 radical (unpaired) electrons. The number of rotatable bonds is 4. The lowest BCUT2D eigenvalue weighted by Crippen LogP contribution is -2.06. The molecule has 90 valence electrons. The van der Waals surface area contributed by atoms with Gasteiger partial charge in [0.2, 0.25) is 0 Å². The van der Waals surface area contributed by atoms with Crippen molar-refractivity contribution in [1.29, 1.82) is 0 Å². The highest BCUT2D eigenvalue weighted by atomic mass is 15.1. The van der Waals surface area contributed by atoms with Crippen LogP contribution in [-0.4, -0.2) is 9.55 Å². The van der Waals surface area contributed by atoms with E-state index < -0.39 is 0 Å². The molecule has 0 unspecified atom stereocenters. The first-order valence-corrected chi connectivity index (χ1v) is 6.43. The largest absolute Gasteiger partial charge is 0.335 e. The molecule has 16 heavy (non-hydrogen) atoms. The Morgan fingerprint density at radius 2 is 2.06 bits per heavy atom. The van der Waals surface area contributed by atoms with Crippen LogP contribution in [0.4, 0.5) is 0 Å². The monoisotopic (exact) mass is 221 g/mol. The average molecular weight is 221 g/mol. The maximum atomic E-state index is 5.74. The van der Waals surface area contributed by atoms with Crippen LogP contribution in [0.15, 0.2) is 0 Å². The maximum absolute atomic E-state index is 5.74. The average Bonchev–Trinajstić information content (AvgIpc) is 2.87. The number of aromatic nitrogens is 2. The molecule has 1 heterocycles. The van der Waals surface area contributed by atoms with Crippen molar-refractivity contribution in [2.24, 2.45) is 18.7 Å². The SMILES string of the molecule is Cc1nc(CN)c(CCC2CCCC2)n1C. The van der Waals surface area contributed by atoms with Crippen LogP contribution >= 0.6 is 0 Å². The third-order valence-corrected chi connectivity index (χ3v) is 3.98. The summed E-state index contributed by atoms with van der Waals surface area (Å²) in [6.07, 6.45) is 8.17. The molecule has 1 aromatic rings. The fourth-order valence-electron chi connectivity index (χ4n) is 2.84. The molecule has 0 saturated heterocycles. The molecule has 1 saturated carbocycles. The fourth-order valence-corrected chi connectivity index (χ4v) is 2.84. The van der Waals surface area contributed by atoms with Crippen LogP contribution in [0.2, 0.25) is 0 Å². The molecule has 0 bridgehead atoms. The fraction of sp³-hybridized carbons (Fsp3) is 0.769. The molecule has 1 aliphatic rings. The smallest absolute Gasteiger partial charge is 0.105 e. The molecule has 1 aliphatic carbocycles. The molecule has 0 spiro atoms. The molecule has 0 amide bonds. The summed E-state index contributed by atoms with van der Waals surface area (Å²) in [5.41, 5.74) is 8.19. The Labute approximate surface area is 98.1 Å². The Morgan fingerprint density at radius 3 is 2.69 bits per heavy atom. The van der Waals surface area contributed by atoms with E-state index in [-0.39, 0.29) is 0 Å². The van der Waals surface area contributed by atoms with E-state index in [4.69, 9.17) is 5.73 Å². The number of imidazole rings is 1. The molecule has 0 aromatic carbocycles. The number of nitrogens with two attached hydrogens (primary N) is 1. The maximum Gasteiger partial charge on any atom is 0.105 e. The highest BCUT2D eigenvalue weighted by molar-refractivity contribution is 5.16. The lowest BCUT2D eigenvalue weighted by atomic mass is 10.00. The Hall–Kier alpha value is -0.830. The zero-order valence-electron chi connectivity index (χ0n) is 10.5. The van der Waals surface area contributed by atoms with E-state index in [9.17, 15) is 0 Å². The minimum atomic E-state index is 0.571. The Kier molecular flexibility index (Phi) is 3.64. The zero-order chi connectivity index (χ0) is 11.5. The van der Waals surface area contributed by atoms with Gasteiger partial charge in [-0.3, -0.25) is 0 Å². The molecular weight excluding hydrogens is 198 g/mol.